The molecule has 0 heterocycles. The van der Waals surface area contributed by atoms with Gasteiger partial charge in [-0.3, -0.25) is 0 Å². The van der Waals surface area contributed by atoms with Crippen molar-refractivity contribution in [2.24, 2.45) is 0 Å². The molecule has 0 aromatic heterocycles. The van der Waals surface area contributed by atoms with Crippen molar-refractivity contribution in [1.82, 2.24) is 0 Å². The van der Waals surface area contributed by atoms with Crippen molar-refractivity contribution in [1.29, 1.82) is 5.26 Å². The molecule has 7 rings (SSSR count). The summed E-state index contributed by atoms with van der Waals surface area (Å²) in [5.74, 6) is 0. The molecule has 0 amide bonds. The Morgan fingerprint density at radius 1 is 0.510 bits per heavy atom. The van der Waals surface area contributed by atoms with Gasteiger partial charge in [0.25, 0.3) is 0 Å². The minimum absolute atomic E-state index is 0.468. The molecule has 0 aliphatic rings. The summed E-state index contributed by atoms with van der Waals surface area (Å²) >= 11 is 1.75. The van der Waals surface area contributed by atoms with Crippen molar-refractivity contribution in [3.8, 4) is 6.07 Å². The fraction of sp³-hybridized carbons (Fsp3) is 0.114. The maximum Gasteiger partial charge on any atom is -0.0195 e. The number of aryl methyl sites for hydroxylation is 2. The van der Waals surface area contributed by atoms with E-state index < -0.39 is 15.8 Å². The molecule has 0 saturated carbocycles. The van der Waals surface area contributed by atoms with Crippen LogP contribution in [0.15, 0.2) is 164 Å². The standard InChI is InChI=1S/C42H35P2.C2H3N.Au.ClH/c1-5-17-33(18-6-1)43(34-19-7-2-8-20-34)31-29-41-37-25-13-15-27-39(37)42(40-28-16-14-26-38(40)41)30-32-44(35-21-9-3-10-22-35)36-23-11-4-12-24-36;1-2-3;;/h1-27H,29-32H2;1H3;;1H/q-1;;+1;/p-1. The molecule has 0 bridgehead atoms. The minimum atomic E-state index is -0.471. The van der Waals surface area contributed by atoms with Gasteiger partial charge in [0.05, 0.1) is 6.07 Å². The molecular formula is C44H38AuClNP2-. The van der Waals surface area contributed by atoms with E-state index >= 15 is 0 Å². The second kappa shape index (κ2) is 19.6. The van der Waals surface area contributed by atoms with E-state index in [0.29, 0.717) is 0 Å². The van der Waals surface area contributed by atoms with E-state index in [-0.39, 0.29) is 0 Å². The molecule has 248 valence electrons. The molecule has 0 unspecified atom stereocenters. The first-order chi connectivity index (χ1) is 24.3. The summed E-state index contributed by atoms with van der Waals surface area (Å²) < 4.78 is 0. The molecule has 49 heavy (non-hydrogen) atoms. The van der Waals surface area contributed by atoms with Gasteiger partial charge in [-0.1, -0.05) is 163 Å². The Hall–Kier alpha value is -3.56. The third-order valence-corrected chi connectivity index (χ3v) is 13.5. The Balaban J connectivity index is 0.000000889. The number of hydrogen-bond acceptors (Lipinski definition) is 1. The van der Waals surface area contributed by atoms with E-state index in [0.717, 1.165) is 25.2 Å². The number of hydrogen-bond donors (Lipinski definition) is 0. The van der Waals surface area contributed by atoms with Crippen molar-refractivity contribution in [3.05, 3.63) is 181 Å². The Morgan fingerprint density at radius 2 is 0.837 bits per heavy atom. The van der Waals surface area contributed by atoms with Crippen molar-refractivity contribution in [3.63, 3.8) is 0 Å². The van der Waals surface area contributed by atoms with Crippen LogP contribution < -0.4 is 21.2 Å². The summed E-state index contributed by atoms with van der Waals surface area (Å²) in [4.78, 5) is 0. The van der Waals surface area contributed by atoms with Crippen molar-refractivity contribution < 1.29 is 20.0 Å². The molecule has 1 nitrogen and oxygen atoms in total. The molecule has 0 radical (unpaired) electrons. The maximum atomic E-state index is 7.32. The molecule has 7 aromatic carbocycles. The third-order valence-electron chi connectivity index (χ3n) is 8.50. The minimum Gasteiger partial charge on any atom is -0.147 e. The van der Waals surface area contributed by atoms with E-state index in [4.69, 9.17) is 5.26 Å². The average molecular weight is 875 g/mol. The van der Waals surface area contributed by atoms with Gasteiger partial charge in [-0.25, -0.2) is 0 Å². The fourth-order valence-electron chi connectivity index (χ4n) is 6.45. The van der Waals surface area contributed by atoms with Crippen LogP contribution in [0.25, 0.3) is 21.5 Å². The summed E-state index contributed by atoms with van der Waals surface area (Å²) in [6, 6.07) is 65.6. The molecular weight excluding hydrogens is 837 g/mol. The molecule has 0 atom stereocenters. The van der Waals surface area contributed by atoms with Gasteiger partial charge in [-0.15, -0.1) is 40.6 Å². The first-order valence-corrected chi connectivity index (χ1v) is 22.0. The van der Waals surface area contributed by atoms with Gasteiger partial charge >= 0.3 is 29.2 Å². The number of nitrogens with zero attached hydrogens (tertiary/aromatic N) is 1. The quantitative estimate of drug-likeness (QED) is 0.0581. The second-order valence-electron chi connectivity index (χ2n) is 11.3. The zero-order chi connectivity index (χ0) is 34.3. The van der Waals surface area contributed by atoms with Gasteiger partial charge in [-0.05, 0) is 61.2 Å². The summed E-state index contributed by atoms with van der Waals surface area (Å²) in [6.07, 6.45) is 4.28. The van der Waals surface area contributed by atoms with Crippen molar-refractivity contribution in [2.45, 2.75) is 19.8 Å². The predicted molar refractivity (Wildman–Crippen MR) is 213 cm³/mol. The molecule has 0 N–H and O–H groups in total. The van der Waals surface area contributed by atoms with Gasteiger partial charge in [-0.2, -0.15) is 5.26 Å². The number of fused-ring (bicyclic) bond motifs is 2. The van der Waals surface area contributed by atoms with Crippen LogP contribution in [-0.4, -0.2) is 12.3 Å². The van der Waals surface area contributed by atoms with Gasteiger partial charge in [0.2, 0.25) is 0 Å². The summed E-state index contributed by atoms with van der Waals surface area (Å²) in [5.41, 5.74) is 2.90. The SMILES string of the molecule is CC#N.[Cl][Au].[c-]1cccc2c(CCP(c3ccccc3)c3ccccc3)c3ccccc3c(CCP(c3ccccc3)c3ccccc3)c12. The van der Waals surface area contributed by atoms with Crippen LogP contribution in [-0.2, 0) is 32.8 Å². The third kappa shape index (κ3) is 9.37. The van der Waals surface area contributed by atoms with Gasteiger partial charge in [0.1, 0.15) is 0 Å². The Labute approximate surface area is 310 Å². The second-order valence-corrected chi connectivity index (χ2v) is 16.0. The Morgan fingerprint density at radius 3 is 1.24 bits per heavy atom. The molecule has 0 fully saturated rings. The zero-order valence-electron chi connectivity index (χ0n) is 27.4. The Kier molecular flexibility index (Phi) is 14.7. The van der Waals surface area contributed by atoms with E-state index in [1.165, 1.54) is 60.8 Å². The van der Waals surface area contributed by atoms with Crippen LogP contribution in [0, 0.1) is 17.4 Å². The molecule has 7 aromatic rings. The summed E-state index contributed by atoms with van der Waals surface area (Å²) in [6.45, 7) is 1.43. The van der Waals surface area contributed by atoms with Crippen LogP contribution in [0.4, 0.5) is 0 Å². The number of benzene rings is 7. The average Bonchev–Trinajstić information content (AvgIpc) is 3.18. The Bertz CT molecular complexity index is 1790. The van der Waals surface area contributed by atoms with Crippen molar-refractivity contribution >= 4 is 67.8 Å². The maximum absolute atomic E-state index is 7.32. The molecule has 0 aliphatic carbocycles. The smallest absolute Gasteiger partial charge is 0.0195 e. The predicted octanol–water partition coefficient (Wildman–Crippen LogP) is 10.4. The van der Waals surface area contributed by atoms with E-state index in [2.05, 4.69) is 179 Å². The first-order valence-electron chi connectivity index (χ1n) is 16.3. The fourth-order valence-corrected chi connectivity index (χ4v) is 11.1. The van der Waals surface area contributed by atoms with Crippen LogP contribution >= 0.6 is 25.0 Å². The van der Waals surface area contributed by atoms with Gasteiger partial charge in [0.15, 0.2) is 0 Å². The number of halogens is 1. The van der Waals surface area contributed by atoms with Crippen LogP contribution in [0.2, 0.25) is 0 Å². The zero-order valence-corrected chi connectivity index (χ0v) is 32.1. The van der Waals surface area contributed by atoms with Crippen LogP contribution in [0.3, 0.4) is 0 Å². The molecule has 0 aliphatic heterocycles. The number of nitriles is 1. The van der Waals surface area contributed by atoms with Crippen LogP contribution in [0.1, 0.15) is 18.1 Å². The molecule has 0 spiro atoms. The van der Waals surface area contributed by atoms with E-state index in [1.807, 2.05) is 0 Å². The first kappa shape index (κ1) is 36.7. The molecule has 5 heteroatoms. The van der Waals surface area contributed by atoms with E-state index in [9.17, 15) is 0 Å². The van der Waals surface area contributed by atoms with Gasteiger partial charge in [0, 0.05) is 6.92 Å². The van der Waals surface area contributed by atoms with Crippen molar-refractivity contribution in [2.75, 3.05) is 12.3 Å². The van der Waals surface area contributed by atoms with Crippen LogP contribution in [0.5, 0.6) is 0 Å². The topological polar surface area (TPSA) is 23.8 Å². The summed E-state index contributed by atoms with van der Waals surface area (Å²) in [7, 11) is 3.64. The normalized spacial score (nSPS) is 10.6. The van der Waals surface area contributed by atoms with E-state index in [1.54, 1.807) is 26.1 Å². The molecule has 0 saturated heterocycles. The largest absolute Gasteiger partial charge is 0.147 e. The monoisotopic (exact) mass is 874 g/mol. The summed E-state index contributed by atoms with van der Waals surface area (Å²) in [5, 5.41) is 18.5. The van der Waals surface area contributed by atoms with Gasteiger partial charge < -0.3 is 0 Å². The number of rotatable bonds is 10.